The van der Waals surface area contributed by atoms with Gasteiger partial charge in [-0.15, -0.1) is 0 Å². The Balaban J connectivity index is 1.23. The summed E-state index contributed by atoms with van der Waals surface area (Å²) in [5.74, 6) is -0.381. The van der Waals surface area contributed by atoms with Crippen LogP contribution in [0.4, 0.5) is 0 Å². The summed E-state index contributed by atoms with van der Waals surface area (Å²) in [4.78, 5) is 0. The van der Waals surface area contributed by atoms with E-state index in [1.165, 1.54) is 0 Å². The molecule has 3 heterocycles. The molecule has 0 spiro atoms. The number of hydrogen-bond donors (Lipinski definition) is 0. The zero-order chi connectivity index (χ0) is 32.6. The van der Waals surface area contributed by atoms with Crippen LogP contribution in [-0.2, 0) is 0 Å². The molecule has 228 valence electrons. The molecule has 0 saturated carbocycles. The van der Waals surface area contributed by atoms with Gasteiger partial charge in [0.05, 0.1) is 51.1 Å². The van der Waals surface area contributed by atoms with Crippen LogP contribution in [0.15, 0.2) is 144 Å². The van der Waals surface area contributed by atoms with Gasteiger partial charge in [0, 0.05) is 49.5 Å². The highest BCUT2D eigenvalue weighted by Crippen LogP contribution is 2.43. The van der Waals surface area contributed by atoms with E-state index in [2.05, 4.69) is 112 Å². The fraction of sp³-hybridized carbons (Fsp3) is 0.0455. The van der Waals surface area contributed by atoms with Gasteiger partial charge in [-0.25, -0.2) is 0 Å². The summed E-state index contributed by atoms with van der Waals surface area (Å²) in [5.41, 5.74) is 9.89. The number of allylic oxidation sites excluding steroid dienone is 4. The highest BCUT2D eigenvalue weighted by molar-refractivity contribution is 6.24. The summed E-state index contributed by atoms with van der Waals surface area (Å²) in [6.45, 7) is 0. The van der Waals surface area contributed by atoms with Crippen molar-refractivity contribution in [3.05, 3.63) is 151 Å². The van der Waals surface area contributed by atoms with Crippen LogP contribution < -0.4 is 0 Å². The minimum Gasteiger partial charge on any atom is -0.455 e. The molecule has 9 aromatic rings. The van der Waals surface area contributed by atoms with Crippen LogP contribution in [0.3, 0.4) is 0 Å². The third-order valence-electron chi connectivity index (χ3n) is 10.1. The van der Waals surface area contributed by atoms with E-state index in [0.717, 1.165) is 88.1 Å². The molecule has 0 saturated heterocycles. The van der Waals surface area contributed by atoms with Crippen LogP contribution in [0.25, 0.3) is 82.5 Å². The molecule has 10 rings (SSSR count). The SMILES string of the molecule is N#Cc1cc(-n2c3ccccc3c3c4oc5ccccc5c4ccc32)ccc1C1=C(n2c3ccccc3c3ccccc32)C(C#N)CC=C1. The predicted molar refractivity (Wildman–Crippen MR) is 198 cm³/mol. The highest BCUT2D eigenvalue weighted by Gasteiger charge is 2.27. The van der Waals surface area contributed by atoms with Crippen LogP contribution in [0.1, 0.15) is 17.5 Å². The van der Waals surface area contributed by atoms with Gasteiger partial charge in [-0.05, 0) is 55.0 Å². The monoisotopic (exact) mass is 626 g/mol. The van der Waals surface area contributed by atoms with Gasteiger partial charge < -0.3 is 13.6 Å². The van der Waals surface area contributed by atoms with E-state index < -0.39 is 0 Å². The Morgan fingerprint density at radius 3 is 1.98 bits per heavy atom. The molecule has 0 N–H and O–H groups in total. The molecule has 0 amide bonds. The lowest BCUT2D eigenvalue weighted by Gasteiger charge is -2.24. The fourth-order valence-corrected chi connectivity index (χ4v) is 8.02. The summed E-state index contributed by atoms with van der Waals surface area (Å²) in [5, 5.41) is 27.8. The lowest BCUT2D eigenvalue weighted by Crippen LogP contribution is -2.13. The van der Waals surface area contributed by atoms with E-state index in [0.29, 0.717) is 12.0 Å². The van der Waals surface area contributed by atoms with Gasteiger partial charge in [-0.1, -0.05) is 91.0 Å². The van der Waals surface area contributed by atoms with E-state index in [-0.39, 0.29) is 5.92 Å². The first kappa shape index (κ1) is 27.3. The summed E-state index contributed by atoms with van der Waals surface area (Å²) in [7, 11) is 0. The summed E-state index contributed by atoms with van der Waals surface area (Å²) in [6, 6.07) is 48.7. The van der Waals surface area contributed by atoms with E-state index >= 15 is 0 Å². The maximum atomic E-state index is 10.7. The Hall–Kier alpha value is -6.82. The van der Waals surface area contributed by atoms with Crippen molar-refractivity contribution < 1.29 is 4.42 Å². The molecule has 5 nitrogen and oxygen atoms in total. The van der Waals surface area contributed by atoms with Gasteiger partial charge in [-0.2, -0.15) is 10.5 Å². The molecular weight excluding hydrogens is 601 g/mol. The van der Waals surface area contributed by atoms with Crippen molar-refractivity contribution in [1.29, 1.82) is 10.5 Å². The van der Waals surface area contributed by atoms with Crippen molar-refractivity contribution in [1.82, 2.24) is 9.13 Å². The molecule has 1 unspecified atom stereocenters. The number of aromatic nitrogens is 2. The maximum Gasteiger partial charge on any atom is 0.145 e. The van der Waals surface area contributed by atoms with Crippen LogP contribution in [0, 0.1) is 28.6 Å². The minimum atomic E-state index is -0.381. The van der Waals surface area contributed by atoms with Crippen LogP contribution >= 0.6 is 0 Å². The van der Waals surface area contributed by atoms with Gasteiger partial charge in [-0.3, -0.25) is 0 Å². The molecule has 1 atom stereocenters. The third kappa shape index (κ3) is 3.79. The van der Waals surface area contributed by atoms with Gasteiger partial charge in [0.2, 0.25) is 0 Å². The van der Waals surface area contributed by atoms with Crippen molar-refractivity contribution >= 4 is 76.8 Å². The summed E-state index contributed by atoms with van der Waals surface area (Å²) in [6.07, 6.45) is 4.75. The third-order valence-corrected chi connectivity index (χ3v) is 10.1. The second kappa shape index (κ2) is 10.3. The summed E-state index contributed by atoms with van der Waals surface area (Å²) < 4.78 is 10.9. The Morgan fingerprint density at radius 2 is 1.27 bits per heavy atom. The smallest absolute Gasteiger partial charge is 0.145 e. The first-order valence-corrected chi connectivity index (χ1v) is 16.4. The molecular formula is C44H26N4O. The lowest BCUT2D eigenvalue weighted by atomic mass is 9.87. The molecule has 0 aliphatic heterocycles. The number of nitriles is 2. The van der Waals surface area contributed by atoms with Crippen LogP contribution in [0.2, 0.25) is 0 Å². The Morgan fingerprint density at radius 1 is 0.612 bits per heavy atom. The van der Waals surface area contributed by atoms with Crippen LogP contribution in [0.5, 0.6) is 0 Å². The number of fused-ring (bicyclic) bond motifs is 10. The topological polar surface area (TPSA) is 70.6 Å². The standard InChI is InChI=1S/C44H26N4O/c45-25-27-10-9-15-34(43(27)48-37-16-5-1-11-31(37)32-12-2-6-17-38(32)48)30-21-20-29(24-28(30)26-46)47-39-18-7-3-14-36(39)42-40(47)23-22-35-33-13-4-8-19-41(33)49-44(35)42/h1-9,11-24,27H,10H2. The molecule has 3 aromatic heterocycles. The van der Waals surface area contributed by atoms with Crippen molar-refractivity contribution in [2.75, 3.05) is 0 Å². The first-order valence-electron chi connectivity index (χ1n) is 16.4. The molecule has 49 heavy (non-hydrogen) atoms. The number of hydrogen-bond acceptors (Lipinski definition) is 3. The van der Waals surface area contributed by atoms with E-state index in [4.69, 9.17) is 4.42 Å². The minimum absolute atomic E-state index is 0.381. The second-order valence-corrected chi connectivity index (χ2v) is 12.6. The maximum absolute atomic E-state index is 10.7. The molecule has 1 aliphatic rings. The van der Waals surface area contributed by atoms with Gasteiger partial charge in [0.1, 0.15) is 11.2 Å². The van der Waals surface area contributed by atoms with Crippen molar-refractivity contribution in [2.24, 2.45) is 5.92 Å². The molecule has 6 aromatic carbocycles. The number of rotatable bonds is 3. The molecule has 5 heteroatoms. The highest BCUT2D eigenvalue weighted by atomic mass is 16.3. The van der Waals surface area contributed by atoms with Crippen molar-refractivity contribution in [3.8, 4) is 17.8 Å². The predicted octanol–water partition coefficient (Wildman–Crippen LogP) is 11.1. The fourth-order valence-electron chi connectivity index (χ4n) is 8.02. The Bertz CT molecular complexity index is 2950. The lowest BCUT2D eigenvalue weighted by molar-refractivity contribution is 0.673. The zero-order valence-corrected chi connectivity index (χ0v) is 26.3. The van der Waals surface area contributed by atoms with Gasteiger partial charge in [0.25, 0.3) is 0 Å². The number of nitrogens with zero attached hydrogens (tertiary/aromatic N) is 4. The number of furan rings is 1. The summed E-state index contributed by atoms with van der Waals surface area (Å²) >= 11 is 0. The van der Waals surface area contributed by atoms with Gasteiger partial charge in [0.15, 0.2) is 0 Å². The molecule has 0 bridgehead atoms. The van der Waals surface area contributed by atoms with E-state index in [9.17, 15) is 10.5 Å². The molecule has 1 aliphatic carbocycles. The average Bonchev–Trinajstić information content (AvgIpc) is 3.82. The van der Waals surface area contributed by atoms with Crippen LogP contribution in [-0.4, -0.2) is 9.13 Å². The van der Waals surface area contributed by atoms with E-state index in [1.807, 2.05) is 48.5 Å². The number of para-hydroxylation sites is 4. The largest absolute Gasteiger partial charge is 0.455 e. The first-order chi connectivity index (χ1) is 24.2. The Labute approximate surface area is 281 Å². The van der Waals surface area contributed by atoms with E-state index in [1.54, 1.807) is 0 Å². The molecule has 0 radical (unpaired) electrons. The Kier molecular flexibility index (Phi) is 5.76. The molecule has 0 fully saturated rings. The van der Waals surface area contributed by atoms with Crippen molar-refractivity contribution in [3.63, 3.8) is 0 Å². The second-order valence-electron chi connectivity index (χ2n) is 12.6. The zero-order valence-electron chi connectivity index (χ0n) is 26.3. The normalized spacial score (nSPS) is 14.9. The van der Waals surface area contributed by atoms with Gasteiger partial charge >= 0.3 is 0 Å². The quantitative estimate of drug-likeness (QED) is 0.196. The number of benzene rings is 6. The van der Waals surface area contributed by atoms with Crippen molar-refractivity contribution in [2.45, 2.75) is 6.42 Å². The average molecular weight is 627 g/mol.